The smallest absolute Gasteiger partial charge is 0.256 e. The number of benzene rings is 1. The van der Waals surface area contributed by atoms with Crippen molar-refractivity contribution in [3.05, 3.63) is 47.4 Å². The summed E-state index contributed by atoms with van der Waals surface area (Å²) in [4.78, 5) is 32.3. The van der Waals surface area contributed by atoms with Gasteiger partial charge in [0.1, 0.15) is 5.82 Å². The molecule has 2 unspecified atom stereocenters. The lowest BCUT2D eigenvalue weighted by atomic mass is 9.98. The monoisotopic (exact) mass is 426 g/mol. The van der Waals surface area contributed by atoms with Gasteiger partial charge in [0.15, 0.2) is 0 Å². The van der Waals surface area contributed by atoms with E-state index in [1.807, 2.05) is 18.0 Å². The van der Waals surface area contributed by atoms with Crippen molar-refractivity contribution in [1.82, 2.24) is 14.7 Å². The maximum absolute atomic E-state index is 13.8. The topological polar surface area (TPSA) is 55.9 Å². The second-order valence-corrected chi connectivity index (χ2v) is 8.49. The molecular formula is C24H31FN4O2. The van der Waals surface area contributed by atoms with E-state index in [1.165, 1.54) is 12.1 Å². The fraction of sp³-hybridized carbons (Fsp3) is 0.500. The normalized spacial score (nSPS) is 24.4. The lowest BCUT2D eigenvalue weighted by molar-refractivity contribution is -0.134. The zero-order valence-corrected chi connectivity index (χ0v) is 18.5. The minimum Gasteiger partial charge on any atom is -0.371 e. The second kappa shape index (κ2) is 8.83. The predicted molar refractivity (Wildman–Crippen MR) is 120 cm³/mol. The predicted octanol–water partition coefficient (Wildman–Crippen LogP) is 2.94. The molecule has 0 saturated carbocycles. The van der Waals surface area contributed by atoms with E-state index in [1.54, 1.807) is 12.1 Å². The van der Waals surface area contributed by atoms with Gasteiger partial charge in [0.25, 0.3) is 5.91 Å². The SMILES string of the molecule is CCN(CC)CCN1CCCC2C(C=C(/C=C3\C(=O)Nc4ccc(F)cc43)N2C)C1=O. The number of carbonyl (C=O) groups excluding carboxylic acids is 2. The van der Waals surface area contributed by atoms with Crippen LogP contribution in [-0.2, 0) is 9.59 Å². The van der Waals surface area contributed by atoms with Crippen molar-refractivity contribution in [3.63, 3.8) is 0 Å². The molecule has 166 valence electrons. The molecule has 3 heterocycles. The van der Waals surface area contributed by atoms with Crippen LogP contribution in [0.1, 0.15) is 32.3 Å². The molecule has 2 atom stereocenters. The third-order valence-corrected chi connectivity index (χ3v) is 6.83. The number of halogens is 1. The third-order valence-electron chi connectivity index (χ3n) is 6.83. The van der Waals surface area contributed by atoms with Crippen molar-refractivity contribution in [3.8, 4) is 0 Å². The van der Waals surface area contributed by atoms with Gasteiger partial charge in [-0.05, 0) is 56.3 Å². The number of anilines is 1. The highest BCUT2D eigenvalue weighted by molar-refractivity contribution is 6.31. The maximum Gasteiger partial charge on any atom is 0.256 e. The number of allylic oxidation sites excluding steroid dienone is 1. The molecule has 4 rings (SSSR count). The Morgan fingerprint density at radius 2 is 2.03 bits per heavy atom. The van der Waals surface area contributed by atoms with E-state index < -0.39 is 0 Å². The van der Waals surface area contributed by atoms with E-state index >= 15 is 0 Å². The summed E-state index contributed by atoms with van der Waals surface area (Å²) >= 11 is 0. The van der Waals surface area contributed by atoms with E-state index in [0.717, 1.165) is 51.3 Å². The van der Waals surface area contributed by atoms with Crippen LogP contribution in [0.5, 0.6) is 0 Å². The molecular weight excluding hydrogens is 395 g/mol. The van der Waals surface area contributed by atoms with Gasteiger partial charge in [-0.3, -0.25) is 9.59 Å². The van der Waals surface area contributed by atoms with E-state index in [0.29, 0.717) is 16.8 Å². The molecule has 0 bridgehead atoms. The number of fused-ring (bicyclic) bond motifs is 2. The van der Waals surface area contributed by atoms with Crippen LogP contribution in [0.25, 0.3) is 5.57 Å². The second-order valence-electron chi connectivity index (χ2n) is 8.49. The molecule has 7 heteroatoms. The minimum absolute atomic E-state index is 0.0919. The largest absolute Gasteiger partial charge is 0.371 e. The number of amides is 2. The van der Waals surface area contributed by atoms with Gasteiger partial charge in [0.2, 0.25) is 5.91 Å². The molecule has 2 amide bonds. The standard InChI is InChI=1S/C24H31FN4O2/c1-4-28(5-2)11-12-29-10-6-7-22-20(24(29)31)15-17(27(22)3)14-19-18-13-16(25)8-9-21(18)26-23(19)30/h8-9,13-15,20,22H,4-7,10-12H2,1-3H3,(H,26,30)/b19-14-. The highest BCUT2D eigenvalue weighted by atomic mass is 19.1. The van der Waals surface area contributed by atoms with Gasteiger partial charge in [0.05, 0.1) is 11.5 Å². The summed E-state index contributed by atoms with van der Waals surface area (Å²) < 4.78 is 13.8. The van der Waals surface area contributed by atoms with E-state index in [2.05, 4.69) is 29.0 Å². The van der Waals surface area contributed by atoms with Crippen LogP contribution >= 0.6 is 0 Å². The number of likely N-dealkylation sites (tertiary alicyclic amines) is 1. The lowest BCUT2D eigenvalue weighted by Gasteiger charge is -2.28. The molecule has 3 aliphatic heterocycles. The molecule has 3 aliphatic rings. The molecule has 1 N–H and O–H groups in total. The third kappa shape index (κ3) is 4.11. The zero-order valence-electron chi connectivity index (χ0n) is 18.5. The Morgan fingerprint density at radius 1 is 1.26 bits per heavy atom. The molecule has 0 radical (unpaired) electrons. The average Bonchev–Trinajstić information content (AvgIpc) is 3.17. The summed E-state index contributed by atoms with van der Waals surface area (Å²) in [5.74, 6) is -0.669. The Morgan fingerprint density at radius 3 is 2.77 bits per heavy atom. The van der Waals surface area contributed by atoms with Crippen LogP contribution in [0.3, 0.4) is 0 Å². The molecule has 0 aromatic heterocycles. The summed E-state index contributed by atoms with van der Waals surface area (Å²) in [7, 11) is 1.98. The first-order valence-corrected chi connectivity index (χ1v) is 11.2. The molecule has 1 saturated heterocycles. The molecule has 1 aromatic carbocycles. The molecule has 0 spiro atoms. The van der Waals surface area contributed by atoms with E-state index in [4.69, 9.17) is 0 Å². The molecule has 1 fully saturated rings. The Bertz CT molecular complexity index is 938. The number of hydrogen-bond donors (Lipinski definition) is 1. The Balaban J connectivity index is 1.57. The number of nitrogens with zero attached hydrogens (tertiary/aromatic N) is 3. The average molecular weight is 427 g/mol. The zero-order chi connectivity index (χ0) is 22.1. The molecule has 6 nitrogen and oxygen atoms in total. The van der Waals surface area contributed by atoms with Gasteiger partial charge in [-0.25, -0.2) is 4.39 Å². The first kappa shape index (κ1) is 21.6. The van der Waals surface area contributed by atoms with Gasteiger partial charge in [-0.15, -0.1) is 0 Å². The first-order chi connectivity index (χ1) is 14.9. The highest BCUT2D eigenvalue weighted by Gasteiger charge is 2.40. The Hall–Kier alpha value is -2.67. The number of hydrogen-bond acceptors (Lipinski definition) is 4. The van der Waals surface area contributed by atoms with Crippen molar-refractivity contribution in [2.24, 2.45) is 5.92 Å². The summed E-state index contributed by atoms with van der Waals surface area (Å²) in [5.41, 5.74) is 2.47. The fourth-order valence-electron chi connectivity index (χ4n) is 4.89. The van der Waals surface area contributed by atoms with Crippen molar-refractivity contribution in [2.75, 3.05) is 45.1 Å². The van der Waals surface area contributed by atoms with Crippen molar-refractivity contribution in [1.29, 1.82) is 0 Å². The number of likely N-dealkylation sites (N-methyl/N-ethyl adjacent to an activating group) is 2. The molecule has 1 aromatic rings. The highest BCUT2D eigenvalue weighted by Crippen LogP contribution is 2.37. The lowest BCUT2D eigenvalue weighted by Crippen LogP contribution is -2.42. The first-order valence-electron chi connectivity index (χ1n) is 11.2. The van der Waals surface area contributed by atoms with Crippen LogP contribution < -0.4 is 5.32 Å². The Kier molecular flexibility index (Phi) is 6.14. The fourth-order valence-corrected chi connectivity index (χ4v) is 4.89. The van der Waals surface area contributed by atoms with Gasteiger partial charge in [0, 0.05) is 49.7 Å². The summed E-state index contributed by atoms with van der Waals surface area (Å²) in [5, 5.41) is 2.79. The van der Waals surface area contributed by atoms with Crippen LogP contribution in [0.15, 0.2) is 36.0 Å². The molecule has 0 aliphatic carbocycles. The van der Waals surface area contributed by atoms with E-state index in [-0.39, 0.29) is 29.6 Å². The quantitative estimate of drug-likeness (QED) is 0.711. The van der Waals surface area contributed by atoms with Gasteiger partial charge in [-0.2, -0.15) is 0 Å². The van der Waals surface area contributed by atoms with E-state index in [9.17, 15) is 14.0 Å². The summed E-state index contributed by atoms with van der Waals surface area (Å²) in [6, 6.07) is 4.39. The van der Waals surface area contributed by atoms with Gasteiger partial charge in [-0.1, -0.05) is 13.8 Å². The summed E-state index contributed by atoms with van der Waals surface area (Å²) in [6.07, 6.45) is 5.67. The van der Waals surface area contributed by atoms with Gasteiger partial charge >= 0.3 is 0 Å². The van der Waals surface area contributed by atoms with Crippen LogP contribution in [0, 0.1) is 11.7 Å². The van der Waals surface area contributed by atoms with Gasteiger partial charge < -0.3 is 20.0 Å². The van der Waals surface area contributed by atoms with Crippen molar-refractivity contribution in [2.45, 2.75) is 32.7 Å². The number of nitrogens with one attached hydrogen (secondary N) is 1. The van der Waals surface area contributed by atoms with Crippen LogP contribution in [0.2, 0.25) is 0 Å². The van der Waals surface area contributed by atoms with Crippen molar-refractivity contribution < 1.29 is 14.0 Å². The van der Waals surface area contributed by atoms with Crippen LogP contribution in [-0.4, -0.2) is 72.3 Å². The minimum atomic E-state index is -0.376. The summed E-state index contributed by atoms with van der Waals surface area (Å²) in [6.45, 7) is 8.66. The number of carbonyl (C=O) groups is 2. The van der Waals surface area contributed by atoms with Crippen molar-refractivity contribution >= 4 is 23.1 Å². The Labute approximate surface area is 183 Å². The molecule has 31 heavy (non-hydrogen) atoms. The van der Waals surface area contributed by atoms with Crippen LogP contribution in [0.4, 0.5) is 10.1 Å². The number of rotatable bonds is 6. The maximum atomic E-state index is 13.8.